The highest BCUT2D eigenvalue weighted by Crippen LogP contribution is 2.58. The van der Waals surface area contributed by atoms with Gasteiger partial charge in [0.1, 0.15) is 5.01 Å². The molecule has 1 aromatic carbocycles. The van der Waals surface area contributed by atoms with E-state index in [1.54, 1.807) is 19.2 Å². The summed E-state index contributed by atoms with van der Waals surface area (Å²) in [5, 5.41) is 8.16. The third kappa shape index (κ3) is 4.96. The van der Waals surface area contributed by atoms with Gasteiger partial charge >= 0.3 is 12.4 Å². The van der Waals surface area contributed by atoms with Gasteiger partial charge in [0.15, 0.2) is 0 Å². The van der Waals surface area contributed by atoms with Gasteiger partial charge in [-0.3, -0.25) is 9.48 Å². The number of aromatic nitrogens is 5. The van der Waals surface area contributed by atoms with Gasteiger partial charge < -0.3 is 5.32 Å². The van der Waals surface area contributed by atoms with Crippen molar-refractivity contribution < 1.29 is 31.1 Å². The highest BCUT2D eigenvalue weighted by molar-refractivity contribution is 7.15. The van der Waals surface area contributed by atoms with Crippen LogP contribution in [0.25, 0.3) is 21.5 Å². The standard InChI is InChI=1S/C24H20F6N6OS/c1-12-7-31-20(38-12)16-5-14(19(37)34-13(2)15-8-32-21(33-9-15)23(25,26)27)6-18-17(16)10-36(35-18)11-22(3-4-22)24(28,29)30/h5-10,13H,3-4,11H2,1-2H3,(H,34,37). The number of hydrogen-bond donors (Lipinski definition) is 1. The first-order valence-electron chi connectivity index (χ1n) is 11.5. The second-order valence-electron chi connectivity index (χ2n) is 9.37. The maximum absolute atomic E-state index is 13.5. The lowest BCUT2D eigenvalue weighted by atomic mass is 10.0. The molecule has 7 nitrogen and oxygen atoms in total. The van der Waals surface area contributed by atoms with Crippen LogP contribution >= 0.6 is 11.3 Å². The molecule has 3 aromatic heterocycles. The van der Waals surface area contributed by atoms with Crippen LogP contribution in [0.2, 0.25) is 0 Å². The third-order valence-electron chi connectivity index (χ3n) is 6.48. The van der Waals surface area contributed by atoms with E-state index in [9.17, 15) is 31.1 Å². The molecule has 5 rings (SSSR count). The Kier molecular flexibility index (Phi) is 6.20. The molecule has 1 N–H and O–H groups in total. The fourth-order valence-corrected chi connectivity index (χ4v) is 4.90. The summed E-state index contributed by atoms with van der Waals surface area (Å²) in [6.07, 6.45) is -3.80. The SMILES string of the molecule is Cc1cnc(-c2cc(C(=O)NC(C)c3cnc(C(F)(F)F)nc3)cc3nn(CC4(C(F)(F)F)CC4)cc23)s1. The van der Waals surface area contributed by atoms with Gasteiger partial charge in [-0.1, -0.05) is 0 Å². The molecule has 1 aliphatic rings. The number of nitrogens with zero attached hydrogens (tertiary/aromatic N) is 5. The van der Waals surface area contributed by atoms with Crippen molar-refractivity contribution in [1.82, 2.24) is 30.0 Å². The normalized spacial score (nSPS) is 16.0. The Bertz CT molecular complexity index is 1500. The molecule has 0 bridgehead atoms. The first kappa shape index (κ1) is 26.1. The number of thiazole rings is 1. The number of carbonyl (C=O) groups is 1. The monoisotopic (exact) mass is 554 g/mol. The minimum absolute atomic E-state index is 0.0322. The van der Waals surface area contributed by atoms with Crippen LogP contribution in [-0.2, 0) is 12.7 Å². The molecule has 3 heterocycles. The first-order valence-corrected chi connectivity index (χ1v) is 12.3. The topological polar surface area (TPSA) is 85.6 Å². The molecule has 1 saturated carbocycles. The molecule has 0 spiro atoms. The van der Waals surface area contributed by atoms with Gasteiger partial charge in [0, 0.05) is 51.7 Å². The lowest BCUT2D eigenvalue weighted by molar-refractivity contribution is -0.191. The quantitative estimate of drug-likeness (QED) is 0.291. The van der Waals surface area contributed by atoms with Crippen LogP contribution in [0.4, 0.5) is 26.3 Å². The van der Waals surface area contributed by atoms with E-state index in [0.29, 0.717) is 21.5 Å². The second kappa shape index (κ2) is 9.03. The van der Waals surface area contributed by atoms with Crippen LogP contribution in [0.1, 0.15) is 52.4 Å². The van der Waals surface area contributed by atoms with E-state index in [4.69, 9.17) is 0 Å². The maximum Gasteiger partial charge on any atom is 0.451 e. The number of rotatable bonds is 6. The number of hydrogen-bond acceptors (Lipinski definition) is 6. The van der Waals surface area contributed by atoms with E-state index in [1.165, 1.54) is 28.3 Å². The van der Waals surface area contributed by atoms with Crippen molar-refractivity contribution in [2.45, 2.75) is 51.6 Å². The Hall–Kier alpha value is -3.55. The number of fused-ring (bicyclic) bond motifs is 1. The number of alkyl halides is 6. The van der Waals surface area contributed by atoms with Gasteiger partial charge in [0.05, 0.1) is 23.5 Å². The number of aryl methyl sites for hydroxylation is 1. The van der Waals surface area contributed by atoms with Crippen molar-refractivity contribution in [3.8, 4) is 10.6 Å². The number of amides is 1. The predicted octanol–water partition coefficient (Wildman–Crippen LogP) is 6.11. The average molecular weight is 555 g/mol. The highest BCUT2D eigenvalue weighted by Gasteiger charge is 2.63. The Morgan fingerprint density at radius 2 is 1.79 bits per heavy atom. The summed E-state index contributed by atoms with van der Waals surface area (Å²) in [5.74, 6) is -1.85. The molecule has 4 aromatic rings. The fourth-order valence-electron chi connectivity index (χ4n) is 4.10. The zero-order chi connectivity index (χ0) is 27.5. The van der Waals surface area contributed by atoms with E-state index in [1.807, 2.05) is 6.92 Å². The summed E-state index contributed by atoms with van der Waals surface area (Å²) in [4.78, 5) is 25.0. The van der Waals surface area contributed by atoms with Gasteiger partial charge in [0.2, 0.25) is 5.82 Å². The van der Waals surface area contributed by atoms with Crippen molar-refractivity contribution in [2.75, 3.05) is 0 Å². The van der Waals surface area contributed by atoms with E-state index in [-0.39, 0.29) is 30.5 Å². The Morgan fingerprint density at radius 3 is 2.34 bits per heavy atom. The maximum atomic E-state index is 13.5. The van der Waals surface area contributed by atoms with Gasteiger partial charge in [-0.25, -0.2) is 15.0 Å². The summed E-state index contributed by atoms with van der Waals surface area (Å²) < 4.78 is 80.1. The first-order chi connectivity index (χ1) is 17.8. The molecule has 0 saturated heterocycles. The summed E-state index contributed by atoms with van der Waals surface area (Å²) in [5.41, 5.74) is -0.508. The van der Waals surface area contributed by atoms with Crippen LogP contribution in [0.5, 0.6) is 0 Å². The van der Waals surface area contributed by atoms with E-state index >= 15 is 0 Å². The van der Waals surface area contributed by atoms with Gasteiger partial charge in [-0.05, 0) is 38.8 Å². The molecule has 1 unspecified atom stereocenters. The fraction of sp³-hybridized carbons (Fsp3) is 0.375. The largest absolute Gasteiger partial charge is 0.451 e. The summed E-state index contributed by atoms with van der Waals surface area (Å²) in [7, 11) is 0. The highest BCUT2D eigenvalue weighted by atomic mass is 32.1. The van der Waals surface area contributed by atoms with Crippen molar-refractivity contribution >= 4 is 28.1 Å². The second-order valence-corrected chi connectivity index (χ2v) is 10.6. The van der Waals surface area contributed by atoms with Gasteiger partial charge in [0.25, 0.3) is 5.91 Å². The molecule has 1 atom stereocenters. The van der Waals surface area contributed by atoms with Crippen LogP contribution in [-0.4, -0.2) is 36.8 Å². The van der Waals surface area contributed by atoms with E-state index < -0.39 is 35.5 Å². The summed E-state index contributed by atoms with van der Waals surface area (Å²) >= 11 is 1.36. The predicted molar refractivity (Wildman–Crippen MR) is 126 cm³/mol. The molecule has 200 valence electrons. The van der Waals surface area contributed by atoms with Crippen molar-refractivity contribution in [3.63, 3.8) is 0 Å². The molecule has 0 radical (unpaired) electrons. The zero-order valence-electron chi connectivity index (χ0n) is 20.0. The van der Waals surface area contributed by atoms with Gasteiger partial charge in [-0.15, -0.1) is 11.3 Å². The van der Waals surface area contributed by atoms with Crippen molar-refractivity contribution in [2.24, 2.45) is 5.41 Å². The van der Waals surface area contributed by atoms with Crippen LogP contribution in [0.3, 0.4) is 0 Å². The Labute approximate surface area is 215 Å². The smallest absolute Gasteiger partial charge is 0.345 e. The van der Waals surface area contributed by atoms with Crippen LogP contribution in [0, 0.1) is 12.3 Å². The van der Waals surface area contributed by atoms with E-state index in [2.05, 4.69) is 25.4 Å². The molecule has 1 fully saturated rings. The summed E-state index contributed by atoms with van der Waals surface area (Å²) in [6, 6.07) is 2.31. The lowest BCUT2D eigenvalue weighted by Gasteiger charge is -2.18. The molecule has 14 heteroatoms. The molecular weight excluding hydrogens is 534 g/mol. The number of benzene rings is 1. The summed E-state index contributed by atoms with van der Waals surface area (Å²) in [6.45, 7) is 3.09. The van der Waals surface area contributed by atoms with Crippen LogP contribution in [0.15, 0.2) is 36.9 Å². The number of carbonyl (C=O) groups excluding carboxylic acids is 1. The minimum Gasteiger partial charge on any atom is -0.345 e. The van der Waals surface area contributed by atoms with Crippen molar-refractivity contribution in [1.29, 1.82) is 0 Å². The molecule has 1 aliphatic carbocycles. The Balaban J connectivity index is 1.46. The van der Waals surface area contributed by atoms with Gasteiger partial charge in [-0.2, -0.15) is 31.4 Å². The third-order valence-corrected chi connectivity index (χ3v) is 7.42. The number of halogens is 6. The van der Waals surface area contributed by atoms with Crippen LogP contribution < -0.4 is 5.32 Å². The molecule has 1 amide bonds. The molecule has 0 aliphatic heterocycles. The molecular formula is C24H20F6N6OS. The molecule has 38 heavy (non-hydrogen) atoms. The number of nitrogens with one attached hydrogen (secondary N) is 1. The van der Waals surface area contributed by atoms with Crippen molar-refractivity contribution in [3.05, 3.63) is 58.7 Å². The lowest BCUT2D eigenvalue weighted by Crippen LogP contribution is -2.29. The van der Waals surface area contributed by atoms with E-state index in [0.717, 1.165) is 17.3 Å². The zero-order valence-corrected chi connectivity index (χ0v) is 20.8. The minimum atomic E-state index is -4.69. The Morgan fingerprint density at radius 1 is 1.11 bits per heavy atom. The average Bonchev–Trinajstić information content (AvgIpc) is 3.33.